The van der Waals surface area contributed by atoms with Crippen molar-refractivity contribution >= 4 is 11.8 Å². The molecule has 12 nitrogen and oxygen atoms in total. The van der Waals surface area contributed by atoms with E-state index in [2.05, 4.69) is 25.6 Å². The van der Waals surface area contributed by atoms with Crippen LogP contribution in [0.15, 0.2) is 61.1 Å². The van der Waals surface area contributed by atoms with Crippen LogP contribution in [0, 0.1) is 12.9 Å². The molecule has 44 heavy (non-hydrogen) atoms. The summed E-state index contributed by atoms with van der Waals surface area (Å²) < 4.78 is 51.5. The Morgan fingerprint density at radius 3 is 2.57 bits per heavy atom. The molecule has 0 radical (unpaired) electrons. The molecule has 15 heteroatoms. The van der Waals surface area contributed by atoms with E-state index in [0.29, 0.717) is 53.6 Å². The topological polar surface area (TPSA) is 129 Å². The summed E-state index contributed by atoms with van der Waals surface area (Å²) in [5.74, 6) is -0.284. The number of pyridine rings is 1. The zero-order chi connectivity index (χ0) is 31.1. The molecule has 3 aromatic heterocycles. The number of methoxy groups -OCH3 is 1. The van der Waals surface area contributed by atoms with E-state index >= 15 is 0 Å². The van der Waals surface area contributed by atoms with Crippen LogP contribution in [0.3, 0.4) is 0 Å². The van der Waals surface area contributed by atoms with Crippen LogP contribution in [0.5, 0.6) is 6.01 Å². The van der Waals surface area contributed by atoms with E-state index in [-0.39, 0.29) is 6.01 Å². The lowest BCUT2D eigenvalue weighted by Crippen LogP contribution is -2.42. The first-order chi connectivity index (χ1) is 21.4. The highest BCUT2D eigenvalue weighted by atomic mass is 19.1. The Kier molecular flexibility index (Phi) is 9.99. The van der Waals surface area contributed by atoms with Gasteiger partial charge in [-0.3, -0.25) is 10.2 Å². The largest absolute Gasteiger partial charge is 0.455 e. The van der Waals surface area contributed by atoms with E-state index in [1.807, 2.05) is 30.3 Å². The van der Waals surface area contributed by atoms with E-state index in [9.17, 15) is 18.0 Å². The van der Waals surface area contributed by atoms with Crippen LogP contribution in [0.1, 0.15) is 17.2 Å². The van der Waals surface area contributed by atoms with E-state index in [1.54, 1.807) is 29.8 Å². The third-order valence-electron chi connectivity index (χ3n) is 6.84. The highest BCUT2D eigenvalue weighted by molar-refractivity contribution is 5.91. The van der Waals surface area contributed by atoms with Crippen LogP contribution in [-0.2, 0) is 9.57 Å². The monoisotopic (exact) mass is 612 g/mol. The number of hydrogen-bond donors (Lipinski definition) is 2. The number of ether oxygens (including phenoxy) is 2. The van der Waals surface area contributed by atoms with Crippen LogP contribution in [0.4, 0.5) is 23.8 Å². The molecule has 4 aromatic rings. The van der Waals surface area contributed by atoms with Gasteiger partial charge >= 0.3 is 12.0 Å². The predicted molar refractivity (Wildman–Crippen MR) is 153 cm³/mol. The van der Waals surface area contributed by atoms with Gasteiger partial charge in [-0.2, -0.15) is 14.6 Å². The number of nitrogens with zero attached hydrogens (tertiary/aromatic N) is 6. The SMILES string of the molecule is COCCN1C[C@@H](NC(=O)Nc2c(C)c(-c3cnc(OC(CF)CF)nc3)nn2-c2ccccc2)[C@H](c2ccnc(F)c2)O1. The molecular formula is C29H31F3N8O4. The number of carbonyl (C=O) groups is 1. The number of rotatable bonds is 12. The second kappa shape index (κ2) is 14.2. The lowest BCUT2D eigenvalue weighted by molar-refractivity contribution is -0.154. The first-order valence-corrected chi connectivity index (χ1v) is 13.8. The van der Waals surface area contributed by atoms with Crippen molar-refractivity contribution in [2.24, 2.45) is 0 Å². The number of hydrogen-bond acceptors (Lipinski definition) is 9. The number of anilines is 1. The lowest BCUT2D eigenvalue weighted by atomic mass is 10.0. The molecule has 0 saturated carbocycles. The fourth-order valence-corrected chi connectivity index (χ4v) is 4.68. The molecule has 1 aliphatic heterocycles. The van der Waals surface area contributed by atoms with Crippen LogP contribution in [-0.4, -0.2) is 88.1 Å². The molecule has 1 saturated heterocycles. The molecule has 2 amide bonds. The van der Waals surface area contributed by atoms with Gasteiger partial charge in [0.05, 0.1) is 18.3 Å². The number of aromatic nitrogens is 5. The summed E-state index contributed by atoms with van der Waals surface area (Å²) in [4.78, 5) is 31.2. The lowest BCUT2D eigenvalue weighted by Gasteiger charge is -2.19. The van der Waals surface area contributed by atoms with Crippen molar-refractivity contribution in [2.75, 3.05) is 45.5 Å². The van der Waals surface area contributed by atoms with Crippen LogP contribution in [0.2, 0.25) is 0 Å². The fourth-order valence-electron chi connectivity index (χ4n) is 4.68. The predicted octanol–water partition coefficient (Wildman–Crippen LogP) is 3.98. The smallest absolute Gasteiger partial charge is 0.320 e. The first-order valence-electron chi connectivity index (χ1n) is 13.8. The van der Waals surface area contributed by atoms with Crippen molar-refractivity contribution < 1.29 is 32.3 Å². The van der Waals surface area contributed by atoms with Crippen molar-refractivity contribution in [3.63, 3.8) is 0 Å². The molecule has 2 N–H and O–H groups in total. The van der Waals surface area contributed by atoms with Crippen molar-refractivity contribution in [3.05, 3.63) is 78.1 Å². The highest BCUT2D eigenvalue weighted by Gasteiger charge is 2.37. The Hall–Kier alpha value is -4.60. The maximum Gasteiger partial charge on any atom is 0.320 e. The molecule has 0 bridgehead atoms. The van der Waals surface area contributed by atoms with Gasteiger partial charge in [0.25, 0.3) is 0 Å². The number of urea groups is 1. The summed E-state index contributed by atoms with van der Waals surface area (Å²) in [6.45, 7) is 0.910. The second-order valence-electron chi connectivity index (χ2n) is 9.90. The van der Waals surface area contributed by atoms with Gasteiger partial charge in [0.15, 0.2) is 6.10 Å². The molecule has 4 heterocycles. The fraction of sp³-hybridized carbons (Fsp3) is 0.345. The van der Waals surface area contributed by atoms with Gasteiger partial charge in [-0.15, -0.1) is 0 Å². The zero-order valence-electron chi connectivity index (χ0n) is 24.0. The second-order valence-corrected chi connectivity index (χ2v) is 9.90. The summed E-state index contributed by atoms with van der Waals surface area (Å²) in [6, 6.07) is 10.8. The Balaban J connectivity index is 1.40. The van der Waals surface area contributed by atoms with Gasteiger partial charge in [0.2, 0.25) is 5.95 Å². The number of para-hydroxylation sites is 1. The maximum absolute atomic E-state index is 13.9. The Morgan fingerprint density at radius 1 is 1.14 bits per heavy atom. The Labute approximate surface area is 251 Å². The van der Waals surface area contributed by atoms with Crippen LogP contribution in [0.25, 0.3) is 16.9 Å². The van der Waals surface area contributed by atoms with E-state index in [4.69, 9.17) is 19.4 Å². The van der Waals surface area contributed by atoms with Crippen molar-refractivity contribution in [2.45, 2.75) is 25.2 Å². The first kappa shape index (κ1) is 30.8. The van der Waals surface area contributed by atoms with E-state index in [1.165, 1.54) is 24.7 Å². The number of alkyl halides is 2. The van der Waals surface area contributed by atoms with Gasteiger partial charge in [-0.25, -0.2) is 33.2 Å². The number of carbonyl (C=O) groups excluding carboxylic acids is 1. The average molecular weight is 613 g/mol. The molecule has 5 rings (SSSR count). The van der Waals surface area contributed by atoms with Crippen LogP contribution < -0.4 is 15.4 Å². The van der Waals surface area contributed by atoms with Crippen molar-refractivity contribution in [1.29, 1.82) is 0 Å². The van der Waals surface area contributed by atoms with Gasteiger partial charge in [0.1, 0.15) is 31.0 Å². The standard InChI is InChI=1S/C29H31F3N8O4/c1-18-25(20-15-34-29(35-16-20)43-22(13-30)14-31)38-40(21-6-4-3-5-7-21)27(18)37-28(41)36-23-17-39(10-11-42-2)44-26(23)19-8-9-33-24(32)12-19/h3-9,12,15-16,22-23,26H,10-11,13-14,17H2,1-2H3,(H2,36,37,41)/t23-,26+/m1/s1. The number of benzene rings is 1. The number of halogens is 3. The average Bonchev–Trinajstić information content (AvgIpc) is 3.59. The van der Waals surface area contributed by atoms with E-state index < -0.39 is 43.6 Å². The highest BCUT2D eigenvalue weighted by Crippen LogP contribution is 2.32. The molecule has 0 unspecified atom stereocenters. The summed E-state index contributed by atoms with van der Waals surface area (Å²) in [6.07, 6.45) is 2.23. The summed E-state index contributed by atoms with van der Waals surface area (Å²) in [5, 5.41) is 12.2. The number of amides is 2. The normalized spacial score (nSPS) is 16.8. The van der Waals surface area contributed by atoms with Gasteiger partial charge in [-0.05, 0) is 36.8 Å². The molecule has 232 valence electrons. The molecule has 2 atom stereocenters. The van der Waals surface area contributed by atoms with Crippen molar-refractivity contribution in [3.8, 4) is 23.0 Å². The van der Waals surface area contributed by atoms with Crippen LogP contribution >= 0.6 is 0 Å². The zero-order valence-corrected chi connectivity index (χ0v) is 24.0. The number of hydroxylamine groups is 2. The molecule has 1 aromatic carbocycles. The summed E-state index contributed by atoms with van der Waals surface area (Å²) in [7, 11) is 1.57. The minimum absolute atomic E-state index is 0.172. The molecule has 1 aliphatic rings. The third kappa shape index (κ3) is 7.12. The minimum atomic E-state index is -1.29. The number of nitrogens with one attached hydrogen (secondary N) is 2. The quantitative estimate of drug-likeness (QED) is 0.228. The molecular weight excluding hydrogens is 581 g/mol. The van der Waals surface area contributed by atoms with Crippen molar-refractivity contribution in [1.82, 2.24) is 35.1 Å². The Morgan fingerprint density at radius 2 is 1.89 bits per heavy atom. The van der Waals surface area contributed by atoms with Gasteiger partial charge < -0.3 is 14.8 Å². The minimum Gasteiger partial charge on any atom is -0.455 e. The summed E-state index contributed by atoms with van der Waals surface area (Å²) in [5.41, 5.74) is 2.74. The molecule has 0 spiro atoms. The summed E-state index contributed by atoms with van der Waals surface area (Å²) >= 11 is 0. The third-order valence-corrected chi connectivity index (χ3v) is 6.84. The Bertz CT molecular complexity index is 1540. The molecule has 0 aliphatic carbocycles. The van der Waals surface area contributed by atoms with E-state index in [0.717, 1.165) is 0 Å². The van der Waals surface area contributed by atoms with Gasteiger partial charge in [0, 0.05) is 49.9 Å². The maximum atomic E-state index is 13.9. The van der Waals surface area contributed by atoms with Gasteiger partial charge in [-0.1, -0.05) is 18.2 Å². The molecule has 1 fully saturated rings.